The Morgan fingerprint density at radius 1 is 1.56 bits per heavy atom. The van der Waals surface area contributed by atoms with Gasteiger partial charge in [0.2, 0.25) is 11.9 Å². The van der Waals surface area contributed by atoms with E-state index in [1.165, 1.54) is 0 Å². The van der Waals surface area contributed by atoms with Crippen molar-refractivity contribution in [2.75, 3.05) is 19.8 Å². The summed E-state index contributed by atoms with van der Waals surface area (Å²) in [5.74, 6) is 5.12. The molecular weight excluding hydrogens is 210 g/mol. The van der Waals surface area contributed by atoms with Crippen molar-refractivity contribution in [1.82, 2.24) is 10.7 Å². The molecule has 0 heterocycles. The molecule has 0 saturated heterocycles. The van der Waals surface area contributed by atoms with Gasteiger partial charge in [0.1, 0.15) is 6.04 Å². The summed E-state index contributed by atoms with van der Waals surface area (Å²) in [6, 6.07) is -0.512. The van der Waals surface area contributed by atoms with Crippen LogP contribution < -0.4 is 22.3 Å². The van der Waals surface area contributed by atoms with Crippen molar-refractivity contribution in [3.8, 4) is 0 Å². The summed E-state index contributed by atoms with van der Waals surface area (Å²) in [5, 5.41) is 2.76. The largest absolute Gasteiger partial charge is 0.382 e. The number of nitrogens with two attached hydrogens (primary N) is 2. The summed E-state index contributed by atoms with van der Waals surface area (Å²) in [6.07, 6.45) is 0.797. The highest BCUT2D eigenvalue weighted by molar-refractivity contribution is 5.87. The first-order chi connectivity index (χ1) is 7.61. The van der Waals surface area contributed by atoms with Gasteiger partial charge >= 0.3 is 0 Å². The second kappa shape index (κ2) is 8.93. The zero-order chi connectivity index (χ0) is 12.4. The second-order valence-electron chi connectivity index (χ2n) is 3.19. The Kier molecular flexibility index (Phi) is 8.18. The van der Waals surface area contributed by atoms with Gasteiger partial charge in [0.05, 0.1) is 0 Å². The Hall–Kier alpha value is -1.34. The molecule has 0 radical (unpaired) electrons. The smallest absolute Gasteiger partial charge is 0.239 e. The molecule has 0 rings (SSSR count). The van der Waals surface area contributed by atoms with Crippen LogP contribution in [0, 0.1) is 0 Å². The van der Waals surface area contributed by atoms with Crippen molar-refractivity contribution >= 4 is 11.9 Å². The minimum Gasteiger partial charge on any atom is -0.382 e. The van der Waals surface area contributed by atoms with Crippen molar-refractivity contribution in [1.29, 1.82) is 0 Å². The number of rotatable bonds is 7. The molecule has 0 spiro atoms. The fraction of sp³-hybridized carbons (Fsp3) is 0.778. The highest BCUT2D eigenvalue weighted by Gasteiger charge is 2.09. The van der Waals surface area contributed by atoms with Crippen molar-refractivity contribution in [2.45, 2.75) is 26.3 Å². The zero-order valence-electron chi connectivity index (χ0n) is 9.82. The number of hydrogen-bond acceptors (Lipinski definition) is 4. The Morgan fingerprint density at radius 3 is 2.75 bits per heavy atom. The molecule has 1 amide bonds. The van der Waals surface area contributed by atoms with E-state index in [2.05, 4.69) is 15.7 Å². The fourth-order valence-electron chi connectivity index (χ4n) is 0.911. The van der Waals surface area contributed by atoms with E-state index in [4.69, 9.17) is 16.3 Å². The number of carbonyl (C=O) groups excluding carboxylic acids is 1. The lowest BCUT2D eigenvalue weighted by molar-refractivity contribution is -0.119. The molecule has 7 heteroatoms. The maximum absolute atomic E-state index is 10.8. The molecule has 0 aliphatic carbocycles. The van der Waals surface area contributed by atoms with Crippen molar-refractivity contribution in [2.24, 2.45) is 16.6 Å². The van der Waals surface area contributed by atoms with Crippen LogP contribution in [0.4, 0.5) is 0 Å². The predicted octanol–water partition coefficient (Wildman–Crippen LogP) is -1.30. The standard InChI is InChI=1S/C9H21N5O2/c1-3-16-6-4-5-12-9(14-11)13-7(2)8(10)15/h7H,3-6,11H2,1-2H3,(H2,10,15)(H2,12,13,14). The number of primary amides is 1. The van der Waals surface area contributed by atoms with E-state index in [-0.39, 0.29) is 0 Å². The van der Waals surface area contributed by atoms with Gasteiger partial charge in [-0.1, -0.05) is 0 Å². The number of hydrazine groups is 1. The lowest BCUT2D eigenvalue weighted by atomic mass is 10.3. The molecule has 0 fully saturated rings. The van der Waals surface area contributed by atoms with E-state index >= 15 is 0 Å². The predicted molar refractivity (Wildman–Crippen MR) is 62.5 cm³/mol. The normalized spacial score (nSPS) is 13.3. The number of nitrogens with zero attached hydrogens (tertiary/aromatic N) is 1. The molecule has 0 saturated carbocycles. The molecule has 0 aromatic carbocycles. The quantitative estimate of drug-likeness (QED) is 0.143. The van der Waals surface area contributed by atoms with Crippen LogP contribution in [0.2, 0.25) is 0 Å². The van der Waals surface area contributed by atoms with Crippen LogP contribution in [0.5, 0.6) is 0 Å². The molecule has 0 aliphatic rings. The molecule has 0 aromatic rings. The third-order valence-corrected chi connectivity index (χ3v) is 1.84. The zero-order valence-corrected chi connectivity index (χ0v) is 9.82. The number of hydrogen-bond donors (Lipinski definition) is 4. The molecule has 0 aliphatic heterocycles. The molecule has 1 atom stereocenters. The van der Waals surface area contributed by atoms with E-state index in [0.29, 0.717) is 25.7 Å². The number of carbonyl (C=O) groups is 1. The van der Waals surface area contributed by atoms with Crippen LogP contribution in [-0.2, 0) is 9.53 Å². The number of amides is 1. The first-order valence-electron chi connectivity index (χ1n) is 5.26. The first-order valence-corrected chi connectivity index (χ1v) is 5.26. The summed E-state index contributed by atoms with van der Waals surface area (Å²) < 4.78 is 5.15. The highest BCUT2D eigenvalue weighted by atomic mass is 16.5. The fourth-order valence-corrected chi connectivity index (χ4v) is 0.911. The molecule has 1 unspecified atom stereocenters. The van der Waals surface area contributed by atoms with Crippen molar-refractivity contribution in [3.05, 3.63) is 0 Å². The summed E-state index contributed by atoms with van der Waals surface area (Å²) in [6.45, 7) is 5.49. The maximum Gasteiger partial charge on any atom is 0.239 e. The van der Waals surface area contributed by atoms with Gasteiger partial charge in [-0.25, -0.2) is 5.84 Å². The molecule has 0 bridgehead atoms. The average Bonchev–Trinajstić information content (AvgIpc) is 2.26. The Bertz CT molecular complexity index is 232. The third kappa shape index (κ3) is 7.02. The van der Waals surface area contributed by atoms with Crippen LogP contribution in [0.1, 0.15) is 20.3 Å². The SMILES string of the molecule is CCOCCCN=C(NN)NC(C)C(N)=O. The van der Waals surface area contributed by atoms with E-state index in [1.807, 2.05) is 6.92 Å². The minimum absolute atomic E-state index is 0.350. The van der Waals surface area contributed by atoms with E-state index in [9.17, 15) is 4.79 Å². The van der Waals surface area contributed by atoms with Gasteiger partial charge < -0.3 is 15.8 Å². The van der Waals surface area contributed by atoms with Crippen LogP contribution in [0.25, 0.3) is 0 Å². The molecular formula is C9H21N5O2. The van der Waals surface area contributed by atoms with Crippen LogP contribution in [0.15, 0.2) is 4.99 Å². The number of nitrogens with one attached hydrogen (secondary N) is 2. The molecule has 16 heavy (non-hydrogen) atoms. The van der Waals surface area contributed by atoms with Gasteiger partial charge in [-0.2, -0.15) is 0 Å². The second-order valence-corrected chi connectivity index (χ2v) is 3.19. The van der Waals surface area contributed by atoms with Gasteiger partial charge in [0.15, 0.2) is 0 Å². The van der Waals surface area contributed by atoms with Crippen LogP contribution in [0.3, 0.4) is 0 Å². The third-order valence-electron chi connectivity index (χ3n) is 1.84. The Balaban J connectivity index is 3.88. The van der Waals surface area contributed by atoms with Gasteiger partial charge in [-0.15, -0.1) is 0 Å². The summed E-state index contributed by atoms with van der Waals surface area (Å²) in [4.78, 5) is 14.9. The lowest BCUT2D eigenvalue weighted by Gasteiger charge is -2.13. The maximum atomic E-state index is 10.8. The number of ether oxygens (including phenoxy) is 1. The van der Waals surface area contributed by atoms with E-state index < -0.39 is 11.9 Å². The van der Waals surface area contributed by atoms with Crippen molar-refractivity contribution < 1.29 is 9.53 Å². The number of guanidine groups is 1. The molecule has 6 N–H and O–H groups in total. The Labute approximate surface area is 95.6 Å². The van der Waals surface area contributed by atoms with Gasteiger partial charge in [0, 0.05) is 19.8 Å². The monoisotopic (exact) mass is 231 g/mol. The summed E-state index contributed by atoms with van der Waals surface area (Å²) in [5.41, 5.74) is 7.46. The van der Waals surface area contributed by atoms with Gasteiger partial charge in [-0.05, 0) is 20.3 Å². The molecule has 94 valence electrons. The van der Waals surface area contributed by atoms with Crippen molar-refractivity contribution in [3.63, 3.8) is 0 Å². The minimum atomic E-state index is -0.512. The van der Waals surface area contributed by atoms with Crippen LogP contribution >= 0.6 is 0 Å². The molecule has 7 nitrogen and oxygen atoms in total. The first kappa shape index (κ1) is 14.7. The average molecular weight is 231 g/mol. The number of aliphatic imine (C=N–C) groups is 1. The highest BCUT2D eigenvalue weighted by Crippen LogP contribution is 1.85. The topological polar surface area (TPSA) is 115 Å². The van der Waals surface area contributed by atoms with E-state index in [1.54, 1.807) is 6.92 Å². The van der Waals surface area contributed by atoms with Gasteiger partial charge in [0.25, 0.3) is 0 Å². The summed E-state index contributed by atoms with van der Waals surface area (Å²) >= 11 is 0. The molecule has 0 aromatic heterocycles. The van der Waals surface area contributed by atoms with Gasteiger partial charge in [-0.3, -0.25) is 15.2 Å². The lowest BCUT2D eigenvalue weighted by Crippen LogP contribution is -2.50. The van der Waals surface area contributed by atoms with Crippen LogP contribution in [-0.4, -0.2) is 37.7 Å². The van der Waals surface area contributed by atoms with E-state index in [0.717, 1.165) is 6.42 Å². The Morgan fingerprint density at radius 2 is 2.25 bits per heavy atom. The summed E-state index contributed by atoms with van der Waals surface area (Å²) in [7, 11) is 0.